The van der Waals surface area contributed by atoms with Crippen LogP contribution in [0.5, 0.6) is 11.5 Å². The monoisotopic (exact) mass is 510 g/mol. The van der Waals surface area contributed by atoms with E-state index in [-0.39, 0.29) is 5.57 Å². The zero-order valence-electron chi connectivity index (χ0n) is 16.3. The molecule has 1 N–H and O–H groups in total. The van der Waals surface area contributed by atoms with Crippen molar-refractivity contribution < 1.29 is 14.3 Å². The topological polar surface area (TPSA) is 71.3 Å². The third-order valence-corrected chi connectivity index (χ3v) is 4.94. The molecular weight excluding hydrogens is 491 g/mol. The van der Waals surface area contributed by atoms with E-state index in [0.29, 0.717) is 23.8 Å². The molecule has 0 aliphatic rings. The second-order valence-electron chi connectivity index (χ2n) is 6.34. The van der Waals surface area contributed by atoms with Crippen LogP contribution in [0.3, 0.4) is 0 Å². The summed E-state index contributed by atoms with van der Waals surface area (Å²) in [5, 5.41) is 12.1. The number of hydrogen-bond acceptors (Lipinski definition) is 4. The Hall–Kier alpha value is -3.31. The summed E-state index contributed by atoms with van der Waals surface area (Å²) >= 11 is 2.26. The molecule has 0 fully saturated rings. The van der Waals surface area contributed by atoms with E-state index in [1.807, 2.05) is 42.5 Å². The quantitative estimate of drug-likeness (QED) is 0.262. The lowest BCUT2D eigenvalue weighted by molar-refractivity contribution is -0.112. The molecule has 0 atom stereocenters. The van der Waals surface area contributed by atoms with Crippen molar-refractivity contribution in [3.05, 3.63) is 93.1 Å². The van der Waals surface area contributed by atoms with Crippen LogP contribution in [0.1, 0.15) is 11.1 Å². The predicted molar refractivity (Wildman–Crippen MR) is 125 cm³/mol. The third kappa shape index (κ3) is 6.09. The van der Waals surface area contributed by atoms with E-state index in [4.69, 9.17) is 9.47 Å². The normalized spacial score (nSPS) is 10.8. The Balaban J connectivity index is 1.62. The fourth-order valence-electron chi connectivity index (χ4n) is 2.60. The highest BCUT2D eigenvalue weighted by atomic mass is 127. The summed E-state index contributed by atoms with van der Waals surface area (Å²) in [4.78, 5) is 12.4. The minimum Gasteiger partial charge on any atom is -0.497 e. The van der Waals surface area contributed by atoms with Gasteiger partial charge in [0.25, 0.3) is 5.91 Å². The van der Waals surface area contributed by atoms with Gasteiger partial charge in [-0.3, -0.25) is 4.79 Å². The number of rotatable bonds is 7. The van der Waals surface area contributed by atoms with Crippen molar-refractivity contribution in [3.8, 4) is 17.6 Å². The number of halogens is 1. The van der Waals surface area contributed by atoms with Gasteiger partial charge in [0, 0.05) is 9.26 Å². The second-order valence-corrected chi connectivity index (χ2v) is 7.58. The molecule has 1 amide bonds. The maximum absolute atomic E-state index is 12.4. The van der Waals surface area contributed by atoms with Gasteiger partial charge in [0.05, 0.1) is 7.11 Å². The Labute approximate surface area is 189 Å². The first-order valence-electron chi connectivity index (χ1n) is 9.12. The SMILES string of the molecule is COc1ccc(NC(=O)/C(C#N)=C\c2ccc(OCc3ccc(I)cc3)cc2)cc1. The van der Waals surface area contributed by atoms with Gasteiger partial charge >= 0.3 is 0 Å². The summed E-state index contributed by atoms with van der Waals surface area (Å²) in [5.41, 5.74) is 2.42. The van der Waals surface area contributed by atoms with Gasteiger partial charge in [-0.15, -0.1) is 0 Å². The van der Waals surface area contributed by atoms with Gasteiger partial charge in [-0.05, 0) is 88.3 Å². The molecule has 0 saturated heterocycles. The van der Waals surface area contributed by atoms with Crippen LogP contribution in [0.4, 0.5) is 5.69 Å². The molecule has 0 saturated carbocycles. The molecule has 6 heteroatoms. The van der Waals surface area contributed by atoms with Gasteiger partial charge in [0.1, 0.15) is 29.7 Å². The van der Waals surface area contributed by atoms with Crippen molar-refractivity contribution in [2.45, 2.75) is 6.61 Å². The number of hydrogen-bond donors (Lipinski definition) is 1. The third-order valence-electron chi connectivity index (χ3n) is 4.22. The number of nitrogens with one attached hydrogen (secondary N) is 1. The zero-order valence-corrected chi connectivity index (χ0v) is 18.4. The van der Waals surface area contributed by atoms with Crippen LogP contribution < -0.4 is 14.8 Å². The average Bonchev–Trinajstić information content (AvgIpc) is 2.78. The van der Waals surface area contributed by atoms with Crippen molar-refractivity contribution in [3.63, 3.8) is 0 Å². The van der Waals surface area contributed by atoms with Gasteiger partial charge in [0.15, 0.2) is 0 Å². The van der Waals surface area contributed by atoms with Crippen LogP contribution in [-0.2, 0) is 11.4 Å². The lowest BCUT2D eigenvalue weighted by atomic mass is 10.1. The Kier molecular flexibility index (Phi) is 7.46. The highest BCUT2D eigenvalue weighted by Gasteiger charge is 2.10. The number of nitrogens with zero attached hydrogens (tertiary/aromatic N) is 1. The standard InChI is InChI=1S/C24H19IN2O3/c1-29-22-12-8-21(9-13-22)27-24(28)19(15-26)14-17-4-10-23(11-5-17)30-16-18-2-6-20(25)7-3-18/h2-14H,16H2,1H3,(H,27,28)/b19-14-. The van der Waals surface area contributed by atoms with E-state index in [1.165, 1.54) is 3.57 Å². The molecule has 0 spiro atoms. The Morgan fingerprint density at radius 2 is 1.63 bits per heavy atom. The number of carbonyl (C=O) groups is 1. The molecule has 0 aliphatic carbocycles. The number of ether oxygens (including phenoxy) is 2. The maximum atomic E-state index is 12.4. The maximum Gasteiger partial charge on any atom is 0.266 e. The summed E-state index contributed by atoms with van der Waals surface area (Å²) in [7, 11) is 1.57. The van der Waals surface area contributed by atoms with Crippen LogP contribution in [0.25, 0.3) is 6.08 Å². The Morgan fingerprint density at radius 3 is 2.23 bits per heavy atom. The van der Waals surface area contributed by atoms with E-state index in [9.17, 15) is 10.1 Å². The molecule has 3 aromatic carbocycles. The first kappa shape index (κ1) is 21.4. The molecule has 3 rings (SSSR count). The zero-order chi connectivity index (χ0) is 21.3. The summed E-state index contributed by atoms with van der Waals surface area (Å²) in [6, 6.07) is 24.2. The van der Waals surface area contributed by atoms with Gasteiger partial charge in [-0.2, -0.15) is 5.26 Å². The molecule has 0 bridgehead atoms. The van der Waals surface area contributed by atoms with E-state index in [0.717, 1.165) is 11.1 Å². The van der Waals surface area contributed by atoms with Gasteiger partial charge in [0.2, 0.25) is 0 Å². The summed E-state index contributed by atoms with van der Waals surface area (Å²) in [6.45, 7) is 0.472. The van der Waals surface area contributed by atoms with E-state index < -0.39 is 5.91 Å². The number of anilines is 1. The number of carbonyl (C=O) groups excluding carboxylic acids is 1. The number of nitriles is 1. The molecule has 3 aromatic rings. The molecular formula is C24H19IN2O3. The fourth-order valence-corrected chi connectivity index (χ4v) is 2.96. The molecule has 150 valence electrons. The van der Waals surface area contributed by atoms with Crippen molar-refractivity contribution in [2.75, 3.05) is 12.4 Å². The van der Waals surface area contributed by atoms with Crippen molar-refractivity contribution >= 4 is 40.3 Å². The van der Waals surface area contributed by atoms with Crippen LogP contribution in [0.2, 0.25) is 0 Å². The Bertz CT molecular complexity index is 1070. The first-order chi connectivity index (χ1) is 14.6. The molecule has 0 unspecified atom stereocenters. The van der Waals surface area contributed by atoms with Crippen LogP contribution in [0.15, 0.2) is 78.4 Å². The highest BCUT2D eigenvalue weighted by Crippen LogP contribution is 2.18. The number of amides is 1. The van der Waals surface area contributed by atoms with E-state index >= 15 is 0 Å². The first-order valence-corrected chi connectivity index (χ1v) is 10.2. The van der Waals surface area contributed by atoms with Crippen LogP contribution in [0, 0.1) is 14.9 Å². The molecule has 5 nitrogen and oxygen atoms in total. The molecule has 0 radical (unpaired) electrons. The lowest BCUT2D eigenvalue weighted by Crippen LogP contribution is -2.13. The average molecular weight is 510 g/mol. The summed E-state index contributed by atoms with van der Waals surface area (Å²) in [6.07, 6.45) is 1.54. The summed E-state index contributed by atoms with van der Waals surface area (Å²) < 4.78 is 12.1. The largest absolute Gasteiger partial charge is 0.497 e. The summed E-state index contributed by atoms with van der Waals surface area (Å²) in [5.74, 6) is 0.932. The fraction of sp³-hybridized carbons (Fsp3) is 0.0833. The lowest BCUT2D eigenvalue weighted by Gasteiger charge is -2.07. The van der Waals surface area contributed by atoms with Gasteiger partial charge < -0.3 is 14.8 Å². The molecule has 30 heavy (non-hydrogen) atoms. The smallest absolute Gasteiger partial charge is 0.266 e. The molecule has 0 aliphatic heterocycles. The number of benzene rings is 3. The Morgan fingerprint density at radius 1 is 1.00 bits per heavy atom. The van der Waals surface area contributed by atoms with Crippen molar-refractivity contribution in [1.82, 2.24) is 0 Å². The molecule has 0 aromatic heterocycles. The van der Waals surface area contributed by atoms with Crippen molar-refractivity contribution in [2.24, 2.45) is 0 Å². The second kappa shape index (κ2) is 10.5. The highest BCUT2D eigenvalue weighted by molar-refractivity contribution is 14.1. The predicted octanol–water partition coefficient (Wildman–Crippen LogP) is 5.42. The van der Waals surface area contributed by atoms with E-state index in [1.54, 1.807) is 49.6 Å². The van der Waals surface area contributed by atoms with E-state index in [2.05, 4.69) is 27.9 Å². The van der Waals surface area contributed by atoms with Gasteiger partial charge in [-0.25, -0.2) is 0 Å². The minimum absolute atomic E-state index is 0.0124. The molecule has 0 heterocycles. The van der Waals surface area contributed by atoms with Gasteiger partial charge in [-0.1, -0.05) is 24.3 Å². The van der Waals surface area contributed by atoms with Crippen LogP contribution in [-0.4, -0.2) is 13.0 Å². The van der Waals surface area contributed by atoms with Crippen LogP contribution >= 0.6 is 22.6 Å². The van der Waals surface area contributed by atoms with Crippen molar-refractivity contribution in [1.29, 1.82) is 5.26 Å². The number of methoxy groups -OCH3 is 1. The minimum atomic E-state index is -0.471.